The average molecular weight is 300 g/mol. The maximum absolute atomic E-state index is 11.9. The molecule has 4 nitrogen and oxygen atoms in total. The van der Waals surface area contributed by atoms with Crippen LogP contribution in [0.2, 0.25) is 0 Å². The molecule has 0 aromatic heterocycles. The Labute approximate surface area is 128 Å². The van der Waals surface area contributed by atoms with Crippen molar-refractivity contribution in [3.8, 4) is 0 Å². The van der Waals surface area contributed by atoms with Gasteiger partial charge in [-0.3, -0.25) is 0 Å². The molecule has 0 saturated heterocycles. The van der Waals surface area contributed by atoms with Crippen molar-refractivity contribution in [1.82, 2.24) is 5.32 Å². The molecule has 0 aliphatic rings. The fourth-order valence-electron chi connectivity index (χ4n) is 1.85. The molecule has 0 bridgehead atoms. The van der Waals surface area contributed by atoms with Crippen molar-refractivity contribution >= 4 is 23.3 Å². The third kappa shape index (κ3) is 4.57. The molecule has 2 aromatic rings. The number of rotatable bonds is 5. The molecule has 0 saturated carbocycles. The minimum Gasteiger partial charge on any atom is -0.445 e. The van der Waals surface area contributed by atoms with E-state index in [4.69, 9.17) is 22.7 Å². The highest BCUT2D eigenvalue weighted by molar-refractivity contribution is 7.80. The summed E-state index contributed by atoms with van der Waals surface area (Å²) in [6, 6.07) is 18.2. The predicted octanol–water partition coefficient (Wildman–Crippen LogP) is 2.94. The van der Waals surface area contributed by atoms with Crippen molar-refractivity contribution in [3.05, 3.63) is 71.8 Å². The Morgan fingerprint density at radius 1 is 1.10 bits per heavy atom. The molecule has 3 N–H and O–H groups in total. The van der Waals surface area contributed by atoms with Gasteiger partial charge in [0.25, 0.3) is 0 Å². The highest BCUT2D eigenvalue weighted by Crippen LogP contribution is 2.13. The van der Waals surface area contributed by atoms with E-state index in [0.29, 0.717) is 0 Å². The van der Waals surface area contributed by atoms with Crippen molar-refractivity contribution in [3.63, 3.8) is 0 Å². The third-order valence-electron chi connectivity index (χ3n) is 2.89. The van der Waals surface area contributed by atoms with Crippen LogP contribution in [0.1, 0.15) is 17.2 Å². The molecule has 2 aromatic carbocycles. The monoisotopic (exact) mass is 300 g/mol. The minimum atomic E-state index is -0.555. The molecule has 108 valence electrons. The zero-order chi connectivity index (χ0) is 15.1. The van der Waals surface area contributed by atoms with E-state index in [1.807, 2.05) is 60.7 Å². The number of alkyl carbamates (subject to hydrolysis) is 1. The van der Waals surface area contributed by atoms with Crippen molar-refractivity contribution < 1.29 is 9.53 Å². The number of nitrogens with two attached hydrogens (primary N) is 1. The molecule has 0 aliphatic carbocycles. The Kier molecular flexibility index (Phi) is 5.29. The first-order valence-corrected chi connectivity index (χ1v) is 6.89. The zero-order valence-electron chi connectivity index (χ0n) is 11.4. The Balaban J connectivity index is 1.95. The van der Waals surface area contributed by atoms with Gasteiger partial charge in [-0.1, -0.05) is 72.9 Å². The summed E-state index contributed by atoms with van der Waals surface area (Å²) in [4.78, 5) is 12.0. The van der Waals surface area contributed by atoms with Crippen LogP contribution >= 0.6 is 12.2 Å². The smallest absolute Gasteiger partial charge is 0.408 e. The first-order chi connectivity index (χ1) is 10.2. The average Bonchev–Trinajstić information content (AvgIpc) is 2.52. The summed E-state index contributed by atoms with van der Waals surface area (Å²) < 4.78 is 5.16. The van der Waals surface area contributed by atoms with E-state index in [0.717, 1.165) is 11.1 Å². The topological polar surface area (TPSA) is 64.3 Å². The molecular weight excluding hydrogens is 284 g/mol. The first-order valence-electron chi connectivity index (χ1n) is 6.48. The Morgan fingerprint density at radius 3 is 2.24 bits per heavy atom. The van der Waals surface area contributed by atoms with Gasteiger partial charge in [0.1, 0.15) is 17.6 Å². The summed E-state index contributed by atoms with van der Waals surface area (Å²) in [7, 11) is 0. The van der Waals surface area contributed by atoms with E-state index in [1.54, 1.807) is 0 Å². The second-order valence-electron chi connectivity index (χ2n) is 4.45. The first kappa shape index (κ1) is 15.0. The molecule has 21 heavy (non-hydrogen) atoms. The standard InChI is InChI=1S/C16H16N2O2S/c17-15(21)14(13-9-5-2-6-10-13)18-16(19)20-11-12-7-3-1-4-8-12/h1-10,14H,11H2,(H2,17,21)(H,18,19). The van der Waals surface area contributed by atoms with E-state index >= 15 is 0 Å². The fourth-order valence-corrected chi connectivity index (χ4v) is 2.04. The van der Waals surface area contributed by atoms with Crippen molar-refractivity contribution in [1.29, 1.82) is 0 Å². The molecule has 1 amide bonds. The van der Waals surface area contributed by atoms with Crippen LogP contribution in [0.3, 0.4) is 0 Å². The van der Waals surface area contributed by atoms with Crippen LogP contribution in [0.4, 0.5) is 4.79 Å². The van der Waals surface area contributed by atoms with Crippen LogP contribution in [-0.4, -0.2) is 11.1 Å². The van der Waals surface area contributed by atoms with Gasteiger partial charge < -0.3 is 15.8 Å². The molecule has 1 unspecified atom stereocenters. The lowest BCUT2D eigenvalue weighted by Crippen LogP contribution is -2.36. The van der Waals surface area contributed by atoms with Crippen LogP contribution in [0.15, 0.2) is 60.7 Å². The van der Waals surface area contributed by atoms with Crippen LogP contribution < -0.4 is 11.1 Å². The van der Waals surface area contributed by atoms with Crippen molar-refractivity contribution in [2.45, 2.75) is 12.6 Å². The lowest BCUT2D eigenvalue weighted by molar-refractivity contribution is 0.138. The maximum atomic E-state index is 11.9. The van der Waals surface area contributed by atoms with E-state index in [9.17, 15) is 4.79 Å². The van der Waals surface area contributed by atoms with Crippen molar-refractivity contribution in [2.24, 2.45) is 5.73 Å². The molecule has 1 atom stereocenters. The van der Waals surface area contributed by atoms with Gasteiger partial charge in [0, 0.05) is 0 Å². The Bertz CT molecular complexity index is 602. The number of thiocarbonyl (C=S) groups is 1. The number of carbonyl (C=O) groups excluding carboxylic acids is 1. The normalized spacial score (nSPS) is 11.4. The third-order valence-corrected chi connectivity index (χ3v) is 3.13. The number of hydrogen-bond donors (Lipinski definition) is 2. The number of benzene rings is 2. The van der Waals surface area contributed by atoms with Crippen LogP contribution in [0, 0.1) is 0 Å². The second kappa shape index (κ2) is 7.40. The summed E-state index contributed by atoms with van der Waals surface area (Å²) in [5.41, 5.74) is 7.42. The lowest BCUT2D eigenvalue weighted by atomic mass is 10.1. The molecule has 5 heteroatoms. The molecular formula is C16H16N2O2S. The van der Waals surface area contributed by atoms with Gasteiger partial charge in [-0.2, -0.15) is 0 Å². The number of nitrogens with one attached hydrogen (secondary N) is 1. The molecule has 0 radical (unpaired) electrons. The van der Waals surface area contributed by atoms with E-state index in [-0.39, 0.29) is 11.6 Å². The highest BCUT2D eigenvalue weighted by Gasteiger charge is 2.17. The van der Waals surface area contributed by atoms with Gasteiger partial charge in [-0.15, -0.1) is 0 Å². The molecule has 0 spiro atoms. The largest absolute Gasteiger partial charge is 0.445 e. The summed E-state index contributed by atoms with van der Waals surface area (Å²) in [6.07, 6.45) is -0.555. The zero-order valence-corrected chi connectivity index (χ0v) is 12.2. The molecule has 0 fully saturated rings. The molecule has 0 heterocycles. The van der Waals surface area contributed by atoms with E-state index < -0.39 is 12.1 Å². The van der Waals surface area contributed by atoms with Gasteiger partial charge in [0.05, 0.1) is 0 Å². The number of ether oxygens (including phenoxy) is 1. The summed E-state index contributed by atoms with van der Waals surface area (Å²) in [5.74, 6) is 0. The van der Waals surface area contributed by atoms with Gasteiger partial charge in [0.15, 0.2) is 0 Å². The second-order valence-corrected chi connectivity index (χ2v) is 4.92. The fraction of sp³-hybridized carbons (Fsp3) is 0.125. The SMILES string of the molecule is NC(=S)C(NC(=O)OCc1ccccc1)c1ccccc1. The quantitative estimate of drug-likeness (QED) is 0.833. The van der Waals surface area contributed by atoms with Gasteiger partial charge >= 0.3 is 6.09 Å². The summed E-state index contributed by atoms with van der Waals surface area (Å²) in [6.45, 7) is 0.200. The minimum absolute atomic E-state index is 0.192. The molecule has 2 rings (SSSR count). The van der Waals surface area contributed by atoms with Crippen LogP contribution in [-0.2, 0) is 11.3 Å². The van der Waals surface area contributed by atoms with Crippen LogP contribution in [0.5, 0.6) is 0 Å². The molecule has 0 aliphatic heterocycles. The predicted molar refractivity (Wildman–Crippen MR) is 85.7 cm³/mol. The Hall–Kier alpha value is -2.40. The number of amides is 1. The lowest BCUT2D eigenvalue weighted by Gasteiger charge is -2.17. The van der Waals surface area contributed by atoms with Gasteiger partial charge in [0.2, 0.25) is 0 Å². The highest BCUT2D eigenvalue weighted by atomic mass is 32.1. The Morgan fingerprint density at radius 2 is 1.67 bits per heavy atom. The number of hydrogen-bond acceptors (Lipinski definition) is 3. The van der Waals surface area contributed by atoms with E-state index in [2.05, 4.69) is 5.32 Å². The summed E-state index contributed by atoms with van der Waals surface area (Å²) in [5, 5.41) is 2.68. The maximum Gasteiger partial charge on any atom is 0.408 e. The summed E-state index contributed by atoms with van der Waals surface area (Å²) >= 11 is 5.00. The van der Waals surface area contributed by atoms with Gasteiger partial charge in [-0.25, -0.2) is 4.79 Å². The van der Waals surface area contributed by atoms with E-state index in [1.165, 1.54) is 0 Å². The van der Waals surface area contributed by atoms with Gasteiger partial charge in [-0.05, 0) is 11.1 Å². The number of carbonyl (C=O) groups is 1. The van der Waals surface area contributed by atoms with Crippen LogP contribution in [0.25, 0.3) is 0 Å². The van der Waals surface area contributed by atoms with Crippen molar-refractivity contribution in [2.75, 3.05) is 0 Å².